The van der Waals surface area contributed by atoms with Gasteiger partial charge in [-0.25, -0.2) is 0 Å². The van der Waals surface area contributed by atoms with Gasteiger partial charge in [0.05, 0.1) is 5.69 Å². The smallest absolute Gasteiger partial charge is 0.316 e. The van der Waals surface area contributed by atoms with E-state index in [1.807, 2.05) is 0 Å². The lowest BCUT2D eigenvalue weighted by atomic mass is 10.1. The number of nitrogens with one attached hydrogen (secondary N) is 2. The number of anilines is 1. The second-order valence-corrected chi connectivity index (χ2v) is 6.64. The van der Waals surface area contributed by atoms with Crippen LogP contribution < -0.4 is 15.4 Å². The number of benzene rings is 1. The standard InChI is InChI=1S/C19H25N5O4/c1-14(25)21-15-7-3-4-8-16(15)27-13-17-22-19(28-23-17)18(26)20-9-12-24-10-5-2-6-11-24/h3-4,7-8H,2,5-6,9-13H2,1H3,(H,20,26)(H,21,25). The number of amides is 2. The third kappa shape index (κ3) is 5.78. The summed E-state index contributed by atoms with van der Waals surface area (Å²) in [6.07, 6.45) is 3.71. The maximum absolute atomic E-state index is 12.1. The number of nitrogens with zero attached hydrogens (tertiary/aromatic N) is 3. The number of aromatic nitrogens is 2. The molecular weight excluding hydrogens is 362 g/mol. The second kappa shape index (κ2) is 9.84. The molecule has 1 saturated heterocycles. The van der Waals surface area contributed by atoms with Gasteiger partial charge in [-0.15, -0.1) is 0 Å². The van der Waals surface area contributed by atoms with Crippen LogP contribution in [-0.2, 0) is 11.4 Å². The zero-order valence-electron chi connectivity index (χ0n) is 15.9. The van der Waals surface area contributed by atoms with Crippen molar-refractivity contribution in [2.24, 2.45) is 0 Å². The van der Waals surface area contributed by atoms with Gasteiger partial charge < -0.3 is 24.8 Å². The van der Waals surface area contributed by atoms with Gasteiger partial charge in [-0.05, 0) is 38.1 Å². The van der Waals surface area contributed by atoms with E-state index in [-0.39, 0.29) is 24.2 Å². The summed E-state index contributed by atoms with van der Waals surface area (Å²) in [6.45, 7) is 4.95. The van der Waals surface area contributed by atoms with Gasteiger partial charge in [0.15, 0.2) is 6.61 Å². The molecule has 0 aliphatic carbocycles. The van der Waals surface area contributed by atoms with E-state index in [1.165, 1.54) is 26.2 Å². The van der Waals surface area contributed by atoms with Crippen molar-refractivity contribution < 1.29 is 18.8 Å². The maximum Gasteiger partial charge on any atom is 0.316 e. The fraction of sp³-hybridized carbons (Fsp3) is 0.474. The lowest BCUT2D eigenvalue weighted by Gasteiger charge is -2.26. The molecule has 150 valence electrons. The van der Waals surface area contributed by atoms with E-state index in [4.69, 9.17) is 9.26 Å². The summed E-state index contributed by atoms with van der Waals surface area (Å²) < 4.78 is 10.7. The average Bonchev–Trinajstić information content (AvgIpc) is 3.17. The molecule has 1 fully saturated rings. The number of hydrogen-bond donors (Lipinski definition) is 2. The highest BCUT2D eigenvalue weighted by molar-refractivity contribution is 5.90. The van der Waals surface area contributed by atoms with E-state index in [0.29, 0.717) is 18.0 Å². The van der Waals surface area contributed by atoms with Crippen molar-refractivity contribution in [3.63, 3.8) is 0 Å². The number of likely N-dealkylation sites (tertiary alicyclic amines) is 1. The summed E-state index contributed by atoms with van der Waals surface area (Å²) in [5.41, 5.74) is 0.550. The Morgan fingerprint density at radius 3 is 2.79 bits per heavy atom. The predicted molar refractivity (Wildman–Crippen MR) is 102 cm³/mol. The zero-order valence-corrected chi connectivity index (χ0v) is 15.9. The van der Waals surface area contributed by atoms with Gasteiger partial charge >= 0.3 is 11.8 Å². The Morgan fingerprint density at radius 1 is 1.21 bits per heavy atom. The summed E-state index contributed by atoms with van der Waals surface area (Å²) >= 11 is 0. The number of para-hydroxylation sites is 2. The predicted octanol–water partition coefficient (Wildman–Crippen LogP) is 1.82. The topological polar surface area (TPSA) is 110 Å². The number of carbonyl (C=O) groups is 2. The molecule has 1 aromatic heterocycles. The monoisotopic (exact) mass is 387 g/mol. The number of hydrogen-bond acceptors (Lipinski definition) is 7. The van der Waals surface area contributed by atoms with Crippen molar-refractivity contribution in [3.8, 4) is 5.75 Å². The molecule has 9 nitrogen and oxygen atoms in total. The van der Waals surface area contributed by atoms with Crippen LogP contribution in [0.1, 0.15) is 42.7 Å². The van der Waals surface area contributed by atoms with E-state index < -0.39 is 5.91 Å². The van der Waals surface area contributed by atoms with Gasteiger partial charge in [0.1, 0.15) is 5.75 Å². The second-order valence-electron chi connectivity index (χ2n) is 6.64. The summed E-state index contributed by atoms with van der Waals surface area (Å²) in [5.74, 6) is 0.0507. The Labute approximate surface area is 163 Å². The number of rotatable bonds is 8. The van der Waals surface area contributed by atoms with Crippen LogP contribution in [0.4, 0.5) is 5.69 Å². The summed E-state index contributed by atoms with van der Waals surface area (Å²) in [5, 5.41) is 9.26. The van der Waals surface area contributed by atoms with Crippen LogP contribution in [0.2, 0.25) is 0 Å². The van der Waals surface area contributed by atoms with E-state index in [1.54, 1.807) is 24.3 Å². The molecule has 2 amide bonds. The normalized spacial score (nSPS) is 14.5. The molecule has 2 N–H and O–H groups in total. The van der Waals surface area contributed by atoms with Gasteiger partial charge in [-0.1, -0.05) is 23.7 Å². The van der Waals surface area contributed by atoms with E-state index >= 15 is 0 Å². The van der Waals surface area contributed by atoms with Gasteiger partial charge in [-0.2, -0.15) is 4.98 Å². The summed E-state index contributed by atoms with van der Waals surface area (Å²) in [4.78, 5) is 29.8. The van der Waals surface area contributed by atoms with Gasteiger partial charge in [0, 0.05) is 20.0 Å². The van der Waals surface area contributed by atoms with E-state index in [2.05, 4.69) is 25.7 Å². The van der Waals surface area contributed by atoms with Crippen LogP contribution in [0, 0.1) is 0 Å². The maximum atomic E-state index is 12.1. The van der Waals surface area contributed by atoms with Crippen LogP contribution in [0.25, 0.3) is 0 Å². The summed E-state index contributed by atoms with van der Waals surface area (Å²) in [6, 6.07) is 7.03. The fourth-order valence-electron chi connectivity index (χ4n) is 3.02. The fourth-order valence-corrected chi connectivity index (χ4v) is 3.02. The number of carbonyl (C=O) groups excluding carboxylic acids is 2. The first-order valence-corrected chi connectivity index (χ1v) is 9.44. The largest absolute Gasteiger partial charge is 0.483 e. The van der Waals surface area contributed by atoms with Crippen molar-refractivity contribution in [1.82, 2.24) is 20.4 Å². The Hall–Kier alpha value is -2.94. The Balaban J connectivity index is 1.47. The average molecular weight is 387 g/mol. The molecule has 0 bridgehead atoms. The highest BCUT2D eigenvalue weighted by atomic mass is 16.5. The van der Waals surface area contributed by atoms with Crippen molar-refractivity contribution in [1.29, 1.82) is 0 Å². The van der Waals surface area contributed by atoms with Gasteiger partial charge in [0.25, 0.3) is 0 Å². The number of piperidine rings is 1. The SMILES string of the molecule is CC(=O)Nc1ccccc1OCc1noc(C(=O)NCCN2CCCCC2)n1. The molecule has 0 radical (unpaired) electrons. The minimum absolute atomic E-state index is 0.0150. The van der Waals surface area contributed by atoms with Crippen molar-refractivity contribution in [2.45, 2.75) is 32.8 Å². The van der Waals surface area contributed by atoms with Crippen LogP contribution in [0.15, 0.2) is 28.8 Å². The quantitative estimate of drug-likeness (QED) is 0.711. The molecule has 2 aromatic rings. The minimum atomic E-state index is -0.394. The first kappa shape index (κ1) is 19.8. The van der Waals surface area contributed by atoms with Crippen LogP contribution in [0.5, 0.6) is 5.75 Å². The Bertz CT molecular complexity index is 801. The molecule has 0 unspecified atom stereocenters. The Kier molecular flexibility index (Phi) is 6.96. The van der Waals surface area contributed by atoms with E-state index in [0.717, 1.165) is 19.6 Å². The highest BCUT2D eigenvalue weighted by Gasteiger charge is 2.16. The molecule has 2 heterocycles. The molecule has 1 aromatic carbocycles. The third-order valence-corrected chi connectivity index (χ3v) is 4.38. The molecule has 0 atom stereocenters. The summed E-state index contributed by atoms with van der Waals surface area (Å²) in [7, 11) is 0. The molecule has 0 spiro atoms. The van der Waals surface area contributed by atoms with Gasteiger partial charge in [-0.3, -0.25) is 9.59 Å². The minimum Gasteiger partial charge on any atom is -0.483 e. The first-order chi connectivity index (χ1) is 13.6. The molecule has 28 heavy (non-hydrogen) atoms. The molecule has 0 saturated carbocycles. The van der Waals surface area contributed by atoms with Crippen molar-refractivity contribution in [3.05, 3.63) is 36.0 Å². The molecule has 9 heteroatoms. The van der Waals surface area contributed by atoms with Crippen molar-refractivity contribution >= 4 is 17.5 Å². The first-order valence-electron chi connectivity index (χ1n) is 9.44. The van der Waals surface area contributed by atoms with Gasteiger partial charge in [0.2, 0.25) is 11.7 Å². The molecule has 3 rings (SSSR count). The molecule has 1 aliphatic rings. The Morgan fingerprint density at radius 2 is 2.00 bits per heavy atom. The lowest BCUT2D eigenvalue weighted by Crippen LogP contribution is -2.37. The lowest BCUT2D eigenvalue weighted by molar-refractivity contribution is -0.114. The van der Waals surface area contributed by atoms with Crippen LogP contribution in [-0.4, -0.2) is 53.0 Å². The third-order valence-electron chi connectivity index (χ3n) is 4.38. The van der Waals surface area contributed by atoms with Crippen LogP contribution >= 0.6 is 0 Å². The zero-order chi connectivity index (χ0) is 19.8. The van der Waals surface area contributed by atoms with E-state index in [9.17, 15) is 9.59 Å². The molecule has 1 aliphatic heterocycles. The highest BCUT2D eigenvalue weighted by Crippen LogP contribution is 2.24. The van der Waals surface area contributed by atoms with Crippen LogP contribution in [0.3, 0.4) is 0 Å². The van der Waals surface area contributed by atoms with Crippen molar-refractivity contribution in [2.75, 3.05) is 31.5 Å². The number of ether oxygens (including phenoxy) is 1. The molecular formula is C19H25N5O4.